The van der Waals surface area contributed by atoms with E-state index in [2.05, 4.69) is 75.0 Å². The predicted molar refractivity (Wildman–Crippen MR) is 82.1 cm³/mol. The molecule has 2 rings (SSSR count). The van der Waals surface area contributed by atoms with Crippen LogP contribution in [0.25, 0.3) is 11.3 Å². The molecular weight excluding hydrogens is 234 g/mol. The average molecular weight is 255 g/mol. The van der Waals surface area contributed by atoms with Gasteiger partial charge in [0.25, 0.3) is 0 Å². The Balaban J connectivity index is 2.47. The molecule has 1 aromatic carbocycles. The summed E-state index contributed by atoms with van der Waals surface area (Å²) in [5.74, 6) is 0. The van der Waals surface area contributed by atoms with Gasteiger partial charge in [-0.3, -0.25) is 4.98 Å². The molecule has 0 bridgehead atoms. The summed E-state index contributed by atoms with van der Waals surface area (Å²) in [6, 6.07) is 10.8. The third kappa shape index (κ3) is 2.70. The fourth-order valence-electron chi connectivity index (χ4n) is 2.30. The van der Waals surface area contributed by atoms with Crippen LogP contribution in [-0.4, -0.2) is 13.1 Å². The first-order valence-electron chi connectivity index (χ1n) is 6.42. The van der Waals surface area contributed by atoms with Crippen molar-refractivity contribution >= 4 is 13.3 Å². The van der Waals surface area contributed by atoms with Crippen LogP contribution in [0, 0.1) is 13.8 Å². The van der Waals surface area contributed by atoms with Crippen LogP contribution in [0.4, 0.5) is 0 Å². The summed E-state index contributed by atoms with van der Waals surface area (Å²) in [4.78, 5) is 4.65. The van der Waals surface area contributed by atoms with Crippen LogP contribution in [-0.2, 0) is 0 Å². The molecule has 1 aromatic heterocycles. The van der Waals surface area contributed by atoms with Crippen LogP contribution in [0.5, 0.6) is 0 Å². The molecule has 0 spiro atoms. The number of aromatic nitrogens is 1. The summed E-state index contributed by atoms with van der Waals surface area (Å²) in [6.45, 7) is 11.4. The third-order valence-electron chi connectivity index (χ3n) is 3.23. The minimum atomic E-state index is -1.28. The van der Waals surface area contributed by atoms with E-state index in [1.165, 1.54) is 21.9 Å². The summed E-state index contributed by atoms with van der Waals surface area (Å²) in [6.07, 6.45) is 2.08. The molecular formula is C16H21NSi. The second kappa shape index (κ2) is 4.69. The van der Waals surface area contributed by atoms with Crippen LogP contribution in [0.1, 0.15) is 11.1 Å². The highest BCUT2D eigenvalue weighted by Gasteiger charge is 2.19. The van der Waals surface area contributed by atoms with Gasteiger partial charge in [-0.25, -0.2) is 0 Å². The van der Waals surface area contributed by atoms with Crippen LogP contribution < -0.4 is 5.19 Å². The van der Waals surface area contributed by atoms with Gasteiger partial charge in [0.2, 0.25) is 0 Å². The molecule has 0 radical (unpaired) electrons. The highest BCUT2D eigenvalue weighted by Crippen LogP contribution is 2.19. The molecule has 0 fully saturated rings. The Labute approximate surface area is 111 Å². The number of rotatable bonds is 2. The highest BCUT2D eigenvalue weighted by molar-refractivity contribution is 6.89. The van der Waals surface area contributed by atoms with Gasteiger partial charge in [0.15, 0.2) is 0 Å². The van der Waals surface area contributed by atoms with Crippen LogP contribution in [0.15, 0.2) is 36.5 Å². The van der Waals surface area contributed by atoms with E-state index in [1.54, 1.807) is 0 Å². The summed E-state index contributed by atoms with van der Waals surface area (Å²) >= 11 is 0. The van der Waals surface area contributed by atoms with Gasteiger partial charge in [0.1, 0.15) is 0 Å². The summed E-state index contributed by atoms with van der Waals surface area (Å²) in [7, 11) is -1.28. The maximum Gasteiger partial charge on any atom is 0.0799 e. The van der Waals surface area contributed by atoms with E-state index in [-0.39, 0.29) is 0 Å². The number of hydrogen-bond acceptors (Lipinski definition) is 1. The molecule has 0 unspecified atom stereocenters. The van der Waals surface area contributed by atoms with Crippen molar-refractivity contribution in [3.63, 3.8) is 0 Å². The highest BCUT2D eigenvalue weighted by atomic mass is 28.3. The Morgan fingerprint density at radius 1 is 1.00 bits per heavy atom. The van der Waals surface area contributed by atoms with Gasteiger partial charge in [-0.05, 0) is 36.7 Å². The monoisotopic (exact) mass is 255 g/mol. The maximum atomic E-state index is 4.65. The summed E-state index contributed by atoms with van der Waals surface area (Å²) in [5, 5.41) is 1.46. The average Bonchev–Trinajstić information content (AvgIpc) is 2.27. The normalized spacial score (nSPS) is 11.6. The maximum absolute atomic E-state index is 4.65. The standard InChI is InChI=1S/C16H21NSi/c1-12-7-6-8-14(9-12)15-10-13(2)16(11-17-15)18(3,4)5/h6-11H,1-5H3. The van der Waals surface area contributed by atoms with Crippen molar-refractivity contribution in [2.75, 3.05) is 0 Å². The Kier molecular flexibility index (Phi) is 3.40. The van der Waals surface area contributed by atoms with Crippen LogP contribution >= 0.6 is 0 Å². The minimum absolute atomic E-state index is 1.08. The quantitative estimate of drug-likeness (QED) is 0.741. The van der Waals surface area contributed by atoms with Gasteiger partial charge in [-0.15, -0.1) is 0 Å². The topological polar surface area (TPSA) is 12.9 Å². The van der Waals surface area contributed by atoms with Crippen LogP contribution in [0.2, 0.25) is 19.6 Å². The van der Waals surface area contributed by atoms with Crippen molar-refractivity contribution in [1.29, 1.82) is 0 Å². The molecule has 0 saturated carbocycles. The van der Waals surface area contributed by atoms with Crippen molar-refractivity contribution < 1.29 is 0 Å². The van der Waals surface area contributed by atoms with Gasteiger partial charge in [-0.2, -0.15) is 0 Å². The van der Waals surface area contributed by atoms with Gasteiger partial charge in [0, 0.05) is 11.8 Å². The Morgan fingerprint density at radius 2 is 1.72 bits per heavy atom. The molecule has 0 saturated heterocycles. The van der Waals surface area contributed by atoms with Crippen LogP contribution in [0.3, 0.4) is 0 Å². The van der Waals surface area contributed by atoms with E-state index < -0.39 is 8.07 Å². The molecule has 2 aromatic rings. The van der Waals surface area contributed by atoms with E-state index in [9.17, 15) is 0 Å². The van der Waals surface area contributed by atoms with Gasteiger partial charge >= 0.3 is 0 Å². The largest absolute Gasteiger partial charge is 0.256 e. The zero-order chi connectivity index (χ0) is 13.3. The Bertz CT molecular complexity index is 568. The lowest BCUT2D eigenvalue weighted by molar-refractivity contribution is 1.30. The Hall–Kier alpha value is -1.41. The van der Waals surface area contributed by atoms with Gasteiger partial charge < -0.3 is 0 Å². The molecule has 0 aliphatic rings. The number of benzene rings is 1. The molecule has 1 heterocycles. The summed E-state index contributed by atoms with van der Waals surface area (Å²) < 4.78 is 0. The van der Waals surface area contributed by atoms with Crippen molar-refractivity contribution in [1.82, 2.24) is 4.98 Å². The molecule has 0 N–H and O–H groups in total. The summed E-state index contributed by atoms with van der Waals surface area (Å²) in [5.41, 5.74) is 4.94. The zero-order valence-electron chi connectivity index (χ0n) is 11.9. The van der Waals surface area contributed by atoms with E-state index in [0.717, 1.165) is 5.69 Å². The lowest BCUT2D eigenvalue weighted by Crippen LogP contribution is -2.39. The van der Waals surface area contributed by atoms with Crippen molar-refractivity contribution in [2.24, 2.45) is 0 Å². The van der Waals surface area contributed by atoms with E-state index in [1.807, 2.05) is 0 Å². The Morgan fingerprint density at radius 3 is 2.28 bits per heavy atom. The third-order valence-corrected chi connectivity index (χ3v) is 5.37. The van der Waals surface area contributed by atoms with Crippen molar-refractivity contribution in [2.45, 2.75) is 33.5 Å². The first-order chi connectivity index (χ1) is 8.38. The van der Waals surface area contributed by atoms with E-state index in [4.69, 9.17) is 0 Å². The minimum Gasteiger partial charge on any atom is -0.256 e. The molecule has 0 aliphatic carbocycles. The smallest absolute Gasteiger partial charge is 0.0799 e. The number of hydrogen-bond donors (Lipinski definition) is 0. The van der Waals surface area contributed by atoms with E-state index >= 15 is 0 Å². The first-order valence-corrected chi connectivity index (χ1v) is 9.92. The first kappa shape index (κ1) is 13.0. The fraction of sp³-hybridized carbons (Fsp3) is 0.312. The molecule has 0 amide bonds. The SMILES string of the molecule is Cc1cccc(-c2cc(C)c([Si](C)(C)C)cn2)c1. The second-order valence-electron chi connectivity index (χ2n) is 6.00. The molecule has 1 nitrogen and oxygen atoms in total. The van der Waals surface area contributed by atoms with Crippen molar-refractivity contribution in [3.05, 3.63) is 47.7 Å². The number of nitrogens with zero attached hydrogens (tertiary/aromatic N) is 1. The van der Waals surface area contributed by atoms with E-state index in [0.29, 0.717) is 0 Å². The molecule has 94 valence electrons. The van der Waals surface area contributed by atoms with Gasteiger partial charge in [-0.1, -0.05) is 43.4 Å². The lowest BCUT2D eigenvalue weighted by Gasteiger charge is -2.19. The molecule has 0 atom stereocenters. The fourth-order valence-corrected chi connectivity index (χ4v) is 4.01. The van der Waals surface area contributed by atoms with Gasteiger partial charge in [0.05, 0.1) is 13.8 Å². The number of aryl methyl sites for hydroxylation is 2. The predicted octanol–water partition coefficient (Wildman–Crippen LogP) is 3.91. The second-order valence-corrected chi connectivity index (χ2v) is 11.0. The zero-order valence-corrected chi connectivity index (χ0v) is 12.9. The molecule has 18 heavy (non-hydrogen) atoms. The van der Waals surface area contributed by atoms with Crippen molar-refractivity contribution in [3.8, 4) is 11.3 Å². The lowest BCUT2D eigenvalue weighted by atomic mass is 10.1. The number of pyridine rings is 1. The molecule has 0 aliphatic heterocycles. The molecule has 2 heteroatoms.